The smallest absolute Gasteiger partial charge is 0.267 e. The standard InChI is InChI=1S/C22H23N3O2/c1-15(2)25-21(16(3)23-22(25)18-9-5-4-6-10-18)19-11-7-8-17(14-19)12-13-20(26)24-27/h4-15,27H,1-3H3,(H,24,26). The summed E-state index contributed by atoms with van der Waals surface area (Å²) in [4.78, 5) is 16.1. The largest absolute Gasteiger partial charge is 0.321 e. The number of nitrogens with one attached hydrogen (secondary N) is 1. The van der Waals surface area contributed by atoms with Crippen molar-refractivity contribution >= 4 is 12.0 Å². The summed E-state index contributed by atoms with van der Waals surface area (Å²) in [5, 5.41) is 8.63. The lowest BCUT2D eigenvalue weighted by Gasteiger charge is -2.17. The minimum absolute atomic E-state index is 0.232. The van der Waals surface area contributed by atoms with Crippen LogP contribution < -0.4 is 5.48 Å². The highest BCUT2D eigenvalue weighted by atomic mass is 16.5. The molecule has 0 aliphatic rings. The molecule has 138 valence electrons. The van der Waals surface area contributed by atoms with Gasteiger partial charge in [0, 0.05) is 23.2 Å². The Morgan fingerprint density at radius 3 is 2.48 bits per heavy atom. The van der Waals surface area contributed by atoms with E-state index in [4.69, 9.17) is 10.2 Å². The first-order valence-corrected chi connectivity index (χ1v) is 8.88. The first kappa shape index (κ1) is 18.6. The second kappa shape index (κ2) is 8.01. The lowest BCUT2D eigenvalue weighted by Crippen LogP contribution is -2.14. The molecule has 2 N–H and O–H groups in total. The van der Waals surface area contributed by atoms with E-state index in [0.717, 1.165) is 33.9 Å². The predicted molar refractivity (Wildman–Crippen MR) is 107 cm³/mol. The van der Waals surface area contributed by atoms with Gasteiger partial charge < -0.3 is 4.57 Å². The summed E-state index contributed by atoms with van der Waals surface area (Å²) in [5.41, 5.74) is 6.59. The topological polar surface area (TPSA) is 67.2 Å². The van der Waals surface area contributed by atoms with Crippen molar-refractivity contribution in [3.05, 3.63) is 71.9 Å². The number of amides is 1. The molecule has 3 aromatic rings. The van der Waals surface area contributed by atoms with Crippen LogP contribution >= 0.6 is 0 Å². The van der Waals surface area contributed by atoms with Gasteiger partial charge in [0.1, 0.15) is 5.82 Å². The Bertz CT molecular complexity index is 972. The Labute approximate surface area is 159 Å². The van der Waals surface area contributed by atoms with Crippen LogP contribution in [0.25, 0.3) is 28.7 Å². The third-order valence-corrected chi connectivity index (χ3v) is 4.33. The van der Waals surface area contributed by atoms with E-state index in [-0.39, 0.29) is 6.04 Å². The highest BCUT2D eigenvalue weighted by Gasteiger charge is 2.19. The molecule has 3 rings (SSSR count). The van der Waals surface area contributed by atoms with Crippen LogP contribution in [0.1, 0.15) is 31.1 Å². The van der Waals surface area contributed by atoms with Crippen molar-refractivity contribution in [1.29, 1.82) is 0 Å². The molecule has 27 heavy (non-hydrogen) atoms. The summed E-state index contributed by atoms with van der Waals surface area (Å²) in [5.74, 6) is 0.383. The Kier molecular flexibility index (Phi) is 5.52. The summed E-state index contributed by atoms with van der Waals surface area (Å²) < 4.78 is 2.24. The zero-order valence-corrected chi connectivity index (χ0v) is 15.7. The van der Waals surface area contributed by atoms with Crippen LogP contribution in [0.2, 0.25) is 0 Å². The molecular weight excluding hydrogens is 338 g/mol. The normalized spacial score (nSPS) is 11.3. The molecule has 0 bridgehead atoms. The van der Waals surface area contributed by atoms with E-state index in [1.807, 2.05) is 49.4 Å². The van der Waals surface area contributed by atoms with Gasteiger partial charge in [-0.05, 0) is 38.5 Å². The molecule has 0 saturated carbocycles. The zero-order valence-electron chi connectivity index (χ0n) is 15.7. The van der Waals surface area contributed by atoms with Crippen molar-refractivity contribution in [2.24, 2.45) is 0 Å². The number of aromatic nitrogens is 2. The Morgan fingerprint density at radius 1 is 1.11 bits per heavy atom. The van der Waals surface area contributed by atoms with E-state index in [1.165, 1.54) is 6.08 Å². The number of hydrogen-bond acceptors (Lipinski definition) is 3. The molecule has 0 aliphatic heterocycles. The number of hydroxylamine groups is 1. The number of carbonyl (C=O) groups is 1. The van der Waals surface area contributed by atoms with Crippen molar-refractivity contribution in [2.45, 2.75) is 26.8 Å². The number of aryl methyl sites for hydroxylation is 1. The monoisotopic (exact) mass is 361 g/mol. The lowest BCUT2D eigenvalue weighted by atomic mass is 10.1. The number of carbonyl (C=O) groups excluding carboxylic acids is 1. The Morgan fingerprint density at radius 2 is 1.81 bits per heavy atom. The summed E-state index contributed by atoms with van der Waals surface area (Å²) in [7, 11) is 0. The number of rotatable bonds is 5. The molecule has 0 unspecified atom stereocenters. The average Bonchev–Trinajstić information content (AvgIpc) is 3.04. The quantitative estimate of drug-likeness (QED) is 0.396. The molecule has 0 radical (unpaired) electrons. The maximum absolute atomic E-state index is 11.2. The molecular formula is C22H23N3O2. The molecule has 0 spiro atoms. The van der Waals surface area contributed by atoms with Gasteiger partial charge in [0.15, 0.2) is 0 Å². The maximum atomic E-state index is 11.2. The Hall–Kier alpha value is -3.18. The van der Waals surface area contributed by atoms with E-state index in [2.05, 4.69) is 30.5 Å². The van der Waals surface area contributed by atoms with Crippen LogP contribution in [0.4, 0.5) is 0 Å². The van der Waals surface area contributed by atoms with Crippen molar-refractivity contribution in [2.75, 3.05) is 0 Å². The molecule has 1 amide bonds. The van der Waals surface area contributed by atoms with Gasteiger partial charge in [0.2, 0.25) is 0 Å². The summed E-state index contributed by atoms with van der Waals surface area (Å²) >= 11 is 0. The first-order valence-electron chi connectivity index (χ1n) is 8.88. The first-order chi connectivity index (χ1) is 13.0. The van der Waals surface area contributed by atoms with E-state index in [9.17, 15) is 4.79 Å². The van der Waals surface area contributed by atoms with Crippen LogP contribution in [0.3, 0.4) is 0 Å². The number of hydrogen-bond donors (Lipinski definition) is 2. The van der Waals surface area contributed by atoms with Gasteiger partial charge in [0.05, 0.1) is 11.4 Å². The molecule has 1 aromatic heterocycles. The van der Waals surface area contributed by atoms with Crippen molar-refractivity contribution in [1.82, 2.24) is 15.0 Å². The Balaban J connectivity index is 2.11. The molecule has 5 heteroatoms. The van der Waals surface area contributed by atoms with Crippen LogP contribution in [0, 0.1) is 6.92 Å². The van der Waals surface area contributed by atoms with E-state index >= 15 is 0 Å². The van der Waals surface area contributed by atoms with Gasteiger partial charge in [-0.2, -0.15) is 0 Å². The molecule has 0 aliphatic carbocycles. The number of imidazole rings is 1. The fourth-order valence-electron chi connectivity index (χ4n) is 3.19. The minimum Gasteiger partial charge on any atom is -0.321 e. The number of benzene rings is 2. The predicted octanol–water partition coefficient (Wildman–Crippen LogP) is 4.63. The molecule has 5 nitrogen and oxygen atoms in total. The third-order valence-electron chi connectivity index (χ3n) is 4.33. The highest BCUT2D eigenvalue weighted by molar-refractivity contribution is 5.91. The van der Waals surface area contributed by atoms with E-state index in [1.54, 1.807) is 11.6 Å². The lowest BCUT2D eigenvalue weighted by molar-refractivity contribution is -0.124. The second-order valence-corrected chi connectivity index (χ2v) is 6.63. The van der Waals surface area contributed by atoms with E-state index < -0.39 is 5.91 Å². The second-order valence-electron chi connectivity index (χ2n) is 6.63. The SMILES string of the molecule is Cc1nc(-c2ccccc2)n(C(C)C)c1-c1cccc(C=CC(=O)NO)c1. The maximum Gasteiger partial charge on any atom is 0.267 e. The molecule has 1 heterocycles. The van der Waals surface area contributed by atoms with Gasteiger partial charge in [0.25, 0.3) is 5.91 Å². The number of nitrogens with zero attached hydrogens (tertiary/aromatic N) is 2. The van der Waals surface area contributed by atoms with Crippen LogP contribution in [0.15, 0.2) is 60.7 Å². The van der Waals surface area contributed by atoms with Crippen LogP contribution in [0.5, 0.6) is 0 Å². The fourth-order valence-corrected chi connectivity index (χ4v) is 3.19. The molecule has 0 fully saturated rings. The van der Waals surface area contributed by atoms with E-state index in [0.29, 0.717) is 0 Å². The van der Waals surface area contributed by atoms with Gasteiger partial charge in [-0.15, -0.1) is 0 Å². The van der Waals surface area contributed by atoms with Gasteiger partial charge in [-0.3, -0.25) is 10.0 Å². The van der Waals surface area contributed by atoms with Gasteiger partial charge in [-0.25, -0.2) is 10.5 Å². The molecule has 0 atom stereocenters. The summed E-state index contributed by atoms with van der Waals surface area (Å²) in [6.45, 7) is 6.31. The molecule has 2 aromatic carbocycles. The minimum atomic E-state index is -0.560. The zero-order chi connectivity index (χ0) is 19.4. The van der Waals surface area contributed by atoms with Gasteiger partial charge >= 0.3 is 0 Å². The van der Waals surface area contributed by atoms with Crippen LogP contribution in [-0.2, 0) is 4.79 Å². The van der Waals surface area contributed by atoms with Crippen molar-refractivity contribution in [3.8, 4) is 22.6 Å². The van der Waals surface area contributed by atoms with Crippen molar-refractivity contribution in [3.63, 3.8) is 0 Å². The van der Waals surface area contributed by atoms with Crippen molar-refractivity contribution < 1.29 is 10.0 Å². The average molecular weight is 361 g/mol. The third kappa shape index (κ3) is 3.99. The van der Waals surface area contributed by atoms with Crippen LogP contribution in [-0.4, -0.2) is 20.7 Å². The summed E-state index contributed by atoms with van der Waals surface area (Å²) in [6.07, 6.45) is 2.96. The van der Waals surface area contributed by atoms with Gasteiger partial charge in [-0.1, -0.05) is 48.5 Å². The highest BCUT2D eigenvalue weighted by Crippen LogP contribution is 2.33. The fraction of sp³-hybridized carbons (Fsp3) is 0.182. The molecule has 0 saturated heterocycles. The summed E-state index contributed by atoms with van der Waals surface area (Å²) in [6, 6.07) is 18.3.